The van der Waals surface area contributed by atoms with Crippen LogP contribution in [0, 0.1) is 24.7 Å². The van der Waals surface area contributed by atoms with Crippen LogP contribution in [0.25, 0.3) is 0 Å². The maximum Gasteiger partial charge on any atom is 0.328 e. The minimum absolute atomic E-state index is 0.197. The van der Waals surface area contributed by atoms with Gasteiger partial charge in [0, 0.05) is 0 Å². The Morgan fingerprint density at radius 2 is 2.00 bits per heavy atom. The lowest BCUT2D eigenvalue weighted by Gasteiger charge is -2.26. The highest BCUT2D eigenvalue weighted by molar-refractivity contribution is 5.97. The molecule has 0 aliphatic heterocycles. The molecule has 22 heavy (non-hydrogen) atoms. The number of aryl methyl sites for hydroxylation is 1. The van der Waals surface area contributed by atoms with Crippen molar-refractivity contribution in [3.05, 3.63) is 17.5 Å². The molecule has 2 aliphatic carbocycles. The molecule has 0 bridgehead atoms. The van der Waals surface area contributed by atoms with E-state index in [1.807, 2.05) is 0 Å². The summed E-state index contributed by atoms with van der Waals surface area (Å²) in [6.45, 7) is 3.81. The molecule has 1 N–H and O–H groups in total. The van der Waals surface area contributed by atoms with E-state index in [0.29, 0.717) is 29.7 Å². The first-order chi connectivity index (χ1) is 10.6. The Hall–Kier alpha value is -1.85. The van der Waals surface area contributed by atoms with Gasteiger partial charge in [-0.2, -0.15) is 0 Å². The Morgan fingerprint density at radius 3 is 2.45 bits per heavy atom. The van der Waals surface area contributed by atoms with Crippen LogP contribution in [-0.4, -0.2) is 29.7 Å². The van der Waals surface area contributed by atoms with Crippen LogP contribution in [-0.2, 0) is 9.53 Å². The normalized spacial score (nSPS) is 19.0. The standard InChI is InChI=1S/C16H22N2O4/c1-3-21-16(20)14(13(10-4-5-10)11-6-7-11)17-15(19)12-8-22-18-9(12)2/h8,10-11,13-14H,3-7H2,1-2H3,(H,17,19). The first-order valence-corrected chi connectivity index (χ1v) is 8.00. The van der Waals surface area contributed by atoms with Crippen molar-refractivity contribution in [2.45, 2.75) is 45.6 Å². The van der Waals surface area contributed by atoms with E-state index >= 15 is 0 Å². The largest absolute Gasteiger partial charge is 0.464 e. The number of nitrogens with zero attached hydrogens (tertiary/aromatic N) is 1. The zero-order valence-electron chi connectivity index (χ0n) is 13.0. The second-order valence-corrected chi connectivity index (χ2v) is 6.27. The number of aromatic nitrogens is 1. The molecule has 1 heterocycles. The maximum atomic E-state index is 12.4. The van der Waals surface area contributed by atoms with E-state index in [-0.39, 0.29) is 17.8 Å². The monoisotopic (exact) mass is 306 g/mol. The van der Waals surface area contributed by atoms with Crippen LogP contribution in [0.15, 0.2) is 10.8 Å². The van der Waals surface area contributed by atoms with E-state index in [4.69, 9.17) is 9.26 Å². The third-order valence-corrected chi connectivity index (χ3v) is 4.54. The second kappa shape index (κ2) is 6.10. The van der Waals surface area contributed by atoms with Crippen LogP contribution in [0.1, 0.15) is 48.7 Å². The molecule has 1 amide bonds. The van der Waals surface area contributed by atoms with Gasteiger partial charge >= 0.3 is 5.97 Å². The Labute approximate surface area is 129 Å². The number of rotatable bonds is 7. The molecule has 3 rings (SSSR count). The second-order valence-electron chi connectivity index (χ2n) is 6.27. The number of hydrogen-bond donors (Lipinski definition) is 1. The van der Waals surface area contributed by atoms with E-state index in [0.717, 1.165) is 25.7 Å². The summed E-state index contributed by atoms with van der Waals surface area (Å²) in [6, 6.07) is -0.568. The molecule has 2 fully saturated rings. The summed E-state index contributed by atoms with van der Waals surface area (Å²) in [5, 5.41) is 6.59. The molecule has 120 valence electrons. The van der Waals surface area contributed by atoms with Crippen molar-refractivity contribution in [2.24, 2.45) is 17.8 Å². The summed E-state index contributed by atoms with van der Waals surface area (Å²) in [7, 11) is 0. The molecule has 1 atom stereocenters. The lowest BCUT2D eigenvalue weighted by molar-refractivity contribution is -0.147. The molecule has 1 aromatic rings. The Kier molecular flexibility index (Phi) is 4.18. The van der Waals surface area contributed by atoms with Gasteiger partial charge in [-0.25, -0.2) is 4.79 Å². The van der Waals surface area contributed by atoms with Gasteiger partial charge in [-0.05, 0) is 57.3 Å². The predicted octanol–water partition coefficient (Wildman–Crippen LogP) is 2.08. The average Bonchev–Trinajstić information content (AvgIpc) is 3.39. The summed E-state index contributed by atoms with van der Waals surface area (Å²) in [4.78, 5) is 24.8. The van der Waals surface area contributed by atoms with Crippen molar-refractivity contribution >= 4 is 11.9 Å². The zero-order valence-corrected chi connectivity index (χ0v) is 13.0. The van der Waals surface area contributed by atoms with Gasteiger partial charge in [0.1, 0.15) is 17.9 Å². The molecule has 2 saturated carbocycles. The molecular formula is C16H22N2O4. The minimum Gasteiger partial charge on any atom is -0.464 e. The smallest absolute Gasteiger partial charge is 0.328 e. The summed E-state index contributed by atoms with van der Waals surface area (Å²) in [6.07, 6.45) is 5.87. The predicted molar refractivity (Wildman–Crippen MR) is 78.1 cm³/mol. The van der Waals surface area contributed by atoms with Crippen molar-refractivity contribution in [1.29, 1.82) is 0 Å². The van der Waals surface area contributed by atoms with Crippen LogP contribution in [0.4, 0.5) is 0 Å². The average molecular weight is 306 g/mol. The first-order valence-electron chi connectivity index (χ1n) is 8.00. The van der Waals surface area contributed by atoms with Gasteiger partial charge in [-0.1, -0.05) is 5.16 Å². The quantitative estimate of drug-likeness (QED) is 0.780. The van der Waals surface area contributed by atoms with E-state index in [1.54, 1.807) is 13.8 Å². The van der Waals surface area contributed by atoms with Gasteiger partial charge in [0.2, 0.25) is 0 Å². The van der Waals surface area contributed by atoms with Crippen LogP contribution >= 0.6 is 0 Å². The van der Waals surface area contributed by atoms with Crippen molar-refractivity contribution in [1.82, 2.24) is 10.5 Å². The molecule has 1 aromatic heterocycles. The molecular weight excluding hydrogens is 284 g/mol. The van der Waals surface area contributed by atoms with Crippen molar-refractivity contribution in [2.75, 3.05) is 6.61 Å². The Morgan fingerprint density at radius 1 is 1.36 bits per heavy atom. The number of hydrogen-bond acceptors (Lipinski definition) is 5. The number of carbonyl (C=O) groups excluding carboxylic acids is 2. The molecule has 6 heteroatoms. The number of ether oxygens (including phenoxy) is 1. The molecule has 6 nitrogen and oxygen atoms in total. The highest BCUT2D eigenvalue weighted by atomic mass is 16.5. The fourth-order valence-electron chi connectivity index (χ4n) is 3.17. The molecule has 1 unspecified atom stereocenters. The fourth-order valence-corrected chi connectivity index (χ4v) is 3.17. The van der Waals surface area contributed by atoms with Crippen LogP contribution in [0.5, 0.6) is 0 Å². The van der Waals surface area contributed by atoms with Gasteiger partial charge in [0.25, 0.3) is 5.91 Å². The topological polar surface area (TPSA) is 81.4 Å². The Bertz CT molecular complexity index is 548. The summed E-state index contributed by atoms with van der Waals surface area (Å²) in [5.74, 6) is 0.622. The van der Waals surface area contributed by atoms with Crippen LogP contribution in [0.2, 0.25) is 0 Å². The van der Waals surface area contributed by atoms with E-state index in [2.05, 4.69) is 10.5 Å². The highest BCUT2D eigenvalue weighted by Crippen LogP contribution is 2.50. The van der Waals surface area contributed by atoms with E-state index in [9.17, 15) is 9.59 Å². The number of nitrogens with one attached hydrogen (secondary N) is 1. The lowest BCUT2D eigenvalue weighted by atomic mass is 9.89. The Balaban J connectivity index is 1.77. The van der Waals surface area contributed by atoms with Gasteiger partial charge in [-0.15, -0.1) is 0 Å². The molecule has 0 aromatic carbocycles. The molecule has 0 saturated heterocycles. The number of amides is 1. The van der Waals surface area contributed by atoms with Crippen molar-refractivity contribution in [3.63, 3.8) is 0 Å². The van der Waals surface area contributed by atoms with E-state index < -0.39 is 6.04 Å². The first kappa shape index (κ1) is 15.1. The molecule has 2 aliphatic rings. The summed E-state index contributed by atoms with van der Waals surface area (Å²) in [5.41, 5.74) is 0.897. The number of carbonyl (C=O) groups is 2. The van der Waals surface area contributed by atoms with Gasteiger partial charge in [0.05, 0.1) is 12.3 Å². The zero-order chi connectivity index (χ0) is 15.7. The third-order valence-electron chi connectivity index (χ3n) is 4.54. The van der Waals surface area contributed by atoms with Gasteiger partial charge in [0.15, 0.2) is 0 Å². The summed E-state index contributed by atoms with van der Waals surface area (Å²) >= 11 is 0. The maximum absolute atomic E-state index is 12.4. The van der Waals surface area contributed by atoms with Crippen molar-refractivity contribution < 1.29 is 18.8 Å². The lowest BCUT2D eigenvalue weighted by Crippen LogP contribution is -2.48. The van der Waals surface area contributed by atoms with E-state index in [1.165, 1.54) is 6.26 Å². The van der Waals surface area contributed by atoms with Gasteiger partial charge in [-0.3, -0.25) is 4.79 Å². The third kappa shape index (κ3) is 3.15. The van der Waals surface area contributed by atoms with Crippen molar-refractivity contribution in [3.8, 4) is 0 Å². The van der Waals surface area contributed by atoms with Gasteiger partial charge < -0.3 is 14.6 Å². The van der Waals surface area contributed by atoms with Crippen LogP contribution < -0.4 is 5.32 Å². The molecule has 0 radical (unpaired) electrons. The SMILES string of the molecule is CCOC(=O)C(NC(=O)c1conc1C)C(C1CC1)C1CC1. The highest BCUT2D eigenvalue weighted by Gasteiger charge is 2.49. The fraction of sp³-hybridized carbons (Fsp3) is 0.688. The summed E-state index contributed by atoms with van der Waals surface area (Å²) < 4.78 is 10.0. The van der Waals surface area contributed by atoms with Crippen LogP contribution in [0.3, 0.4) is 0 Å². The minimum atomic E-state index is -0.568. The number of esters is 1. The molecule has 0 spiro atoms.